The maximum Gasteiger partial charge on any atom is 0.234 e. The second kappa shape index (κ2) is 11.5. The summed E-state index contributed by atoms with van der Waals surface area (Å²) in [7, 11) is 0. The Balaban J connectivity index is 1.46. The van der Waals surface area contributed by atoms with Gasteiger partial charge in [-0.15, -0.1) is 10.2 Å². The molecule has 3 heterocycles. The minimum absolute atomic E-state index is 0.0497. The number of nitrogens with one attached hydrogen (secondary N) is 1. The van der Waals surface area contributed by atoms with Crippen molar-refractivity contribution >= 4 is 80.4 Å². The summed E-state index contributed by atoms with van der Waals surface area (Å²) in [5.41, 5.74) is 8.68. The fourth-order valence-corrected chi connectivity index (χ4v) is 6.99. The molecule has 39 heavy (non-hydrogen) atoms. The van der Waals surface area contributed by atoms with Crippen LogP contribution in [0.4, 0.5) is 10.8 Å². The van der Waals surface area contributed by atoms with Gasteiger partial charge in [-0.3, -0.25) is 14.5 Å². The van der Waals surface area contributed by atoms with Crippen LogP contribution in [0.3, 0.4) is 0 Å². The molecule has 198 valence electrons. The predicted molar refractivity (Wildman–Crippen MR) is 153 cm³/mol. The lowest BCUT2D eigenvalue weighted by atomic mass is 9.75. The van der Waals surface area contributed by atoms with Crippen molar-refractivity contribution in [3.63, 3.8) is 0 Å². The van der Waals surface area contributed by atoms with E-state index in [0.29, 0.717) is 61.3 Å². The Bertz CT molecular complexity index is 1580. The summed E-state index contributed by atoms with van der Waals surface area (Å²) in [6.07, 6.45) is 3.01. The maximum atomic E-state index is 13.3. The first-order valence-electron chi connectivity index (χ1n) is 11.6. The number of amides is 1. The average Bonchev–Trinajstić information content (AvgIpc) is 3.37. The number of aromatic nitrogens is 3. The van der Waals surface area contributed by atoms with Gasteiger partial charge in [0.05, 0.1) is 29.0 Å². The molecule has 1 aliphatic heterocycles. The number of nitrogens with zero attached hydrogens (tertiary/aromatic N) is 5. The topological polar surface area (TPSA) is 138 Å². The number of nitrogens with two attached hydrogens (primary N) is 1. The van der Waals surface area contributed by atoms with Gasteiger partial charge in [-0.05, 0) is 37.1 Å². The van der Waals surface area contributed by atoms with Crippen LogP contribution in [-0.4, -0.2) is 32.6 Å². The zero-order valence-corrected chi connectivity index (χ0v) is 23.9. The number of pyridine rings is 1. The van der Waals surface area contributed by atoms with Gasteiger partial charge in [0.1, 0.15) is 5.82 Å². The number of hydrogen-bond acceptors (Lipinski definition) is 10. The third-order valence-electron chi connectivity index (χ3n) is 6.15. The van der Waals surface area contributed by atoms with Crippen LogP contribution in [0.5, 0.6) is 0 Å². The number of allylic oxidation sites excluding steroid dienone is 3. The van der Waals surface area contributed by atoms with Gasteiger partial charge in [-0.25, -0.2) is 4.98 Å². The van der Waals surface area contributed by atoms with Crippen LogP contribution in [0.2, 0.25) is 15.2 Å². The van der Waals surface area contributed by atoms with Gasteiger partial charge in [0, 0.05) is 39.5 Å². The first-order valence-corrected chi connectivity index (χ1v) is 14.5. The van der Waals surface area contributed by atoms with Gasteiger partial charge in [-0.2, -0.15) is 5.26 Å². The molecule has 3 N–H and O–H groups in total. The van der Waals surface area contributed by atoms with Crippen molar-refractivity contribution in [2.75, 3.05) is 16.0 Å². The molecule has 3 aromatic rings. The van der Waals surface area contributed by atoms with Crippen LogP contribution >= 0.6 is 57.9 Å². The Morgan fingerprint density at radius 1 is 1.21 bits per heavy atom. The van der Waals surface area contributed by atoms with E-state index < -0.39 is 5.92 Å². The SMILES string of the molecule is N#CC1=C(N)N(c2nnc(SCC(=O)Nc3cccnc3Cl)s2)C2=C(C(=O)CCC2)C1c1c(Cl)cccc1Cl. The summed E-state index contributed by atoms with van der Waals surface area (Å²) in [5.74, 6) is -1.01. The Morgan fingerprint density at radius 2 is 1.97 bits per heavy atom. The fraction of sp³-hybridized carbons (Fsp3) is 0.200. The fourth-order valence-electron chi connectivity index (χ4n) is 4.52. The Morgan fingerprint density at radius 3 is 2.69 bits per heavy atom. The number of nitriles is 1. The molecule has 1 amide bonds. The third kappa shape index (κ3) is 5.35. The van der Waals surface area contributed by atoms with Crippen molar-refractivity contribution in [1.29, 1.82) is 5.26 Å². The summed E-state index contributed by atoms with van der Waals surface area (Å²) in [4.78, 5) is 31.3. The predicted octanol–water partition coefficient (Wildman–Crippen LogP) is 5.93. The summed E-state index contributed by atoms with van der Waals surface area (Å²) in [6.45, 7) is 0. The molecule has 0 radical (unpaired) electrons. The second-order valence-electron chi connectivity index (χ2n) is 8.48. The molecule has 0 saturated carbocycles. The third-order valence-corrected chi connectivity index (χ3v) is 9.15. The Hall–Kier alpha value is -3.14. The molecule has 0 spiro atoms. The minimum atomic E-state index is -0.792. The van der Waals surface area contributed by atoms with Crippen molar-refractivity contribution in [3.8, 4) is 6.07 Å². The van der Waals surface area contributed by atoms with Crippen molar-refractivity contribution in [2.45, 2.75) is 29.5 Å². The summed E-state index contributed by atoms with van der Waals surface area (Å²) < 4.78 is 0.504. The highest BCUT2D eigenvalue weighted by atomic mass is 35.5. The van der Waals surface area contributed by atoms with Gasteiger partial charge in [0.2, 0.25) is 11.0 Å². The molecule has 1 unspecified atom stereocenters. The number of benzene rings is 1. The monoisotopic (exact) mass is 617 g/mol. The molecule has 9 nitrogen and oxygen atoms in total. The van der Waals surface area contributed by atoms with Gasteiger partial charge < -0.3 is 11.1 Å². The summed E-state index contributed by atoms with van der Waals surface area (Å²) in [6, 6.07) is 10.5. The quantitative estimate of drug-likeness (QED) is 0.254. The van der Waals surface area contributed by atoms with E-state index in [9.17, 15) is 14.9 Å². The van der Waals surface area contributed by atoms with E-state index in [1.807, 2.05) is 0 Å². The molecule has 0 fully saturated rings. The van der Waals surface area contributed by atoms with Crippen molar-refractivity contribution in [3.05, 3.63) is 80.0 Å². The minimum Gasteiger partial charge on any atom is -0.384 e. The molecule has 14 heteroatoms. The number of anilines is 2. The van der Waals surface area contributed by atoms with Crippen LogP contribution in [0.15, 0.2) is 63.5 Å². The van der Waals surface area contributed by atoms with Crippen LogP contribution in [0, 0.1) is 11.3 Å². The Kier molecular flexibility index (Phi) is 8.11. The molecule has 1 aliphatic carbocycles. The van der Waals surface area contributed by atoms with Crippen LogP contribution < -0.4 is 16.0 Å². The second-order valence-corrected chi connectivity index (χ2v) is 11.8. The molecule has 1 aromatic carbocycles. The maximum absolute atomic E-state index is 13.3. The van der Waals surface area contributed by atoms with E-state index >= 15 is 0 Å². The molecular weight excluding hydrogens is 601 g/mol. The highest BCUT2D eigenvalue weighted by molar-refractivity contribution is 8.01. The van der Waals surface area contributed by atoms with Crippen molar-refractivity contribution in [2.24, 2.45) is 5.73 Å². The van der Waals surface area contributed by atoms with Crippen LogP contribution in [0.1, 0.15) is 30.7 Å². The zero-order valence-electron chi connectivity index (χ0n) is 20.0. The Labute approximate surface area is 246 Å². The van der Waals surface area contributed by atoms with Gasteiger partial charge in [0.15, 0.2) is 15.3 Å². The summed E-state index contributed by atoms with van der Waals surface area (Å²) >= 11 is 21.4. The van der Waals surface area contributed by atoms with Crippen molar-refractivity contribution < 1.29 is 9.59 Å². The highest BCUT2D eigenvalue weighted by Crippen LogP contribution is 2.49. The number of carbonyl (C=O) groups is 2. The average molecular weight is 619 g/mol. The lowest BCUT2D eigenvalue weighted by Gasteiger charge is -2.38. The number of rotatable bonds is 6. The largest absolute Gasteiger partial charge is 0.384 e. The van der Waals surface area contributed by atoms with Crippen LogP contribution in [0.25, 0.3) is 0 Å². The lowest BCUT2D eigenvalue weighted by molar-refractivity contribution is -0.116. The molecular formula is C25H18Cl3N7O2S2. The zero-order chi connectivity index (χ0) is 27.7. The molecule has 0 saturated heterocycles. The smallest absolute Gasteiger partial charge is 0.234 e. The van der Waals surface area contributed by atoms with Crippen molar-refractivity contribution in [1.82, 2.24) is 15.2 Å². The molecule has 2 aromatic heterocycles. The molecule has 1 atom stereocenters. The normalized spacial score (nSPS) is 17.2. The number of ketones is 1. The number of carbonyl (C=O) groups excluding carboxylic acids is 2. The molecule has 5 rings (SSSR count). The van der Waals surface area contributed by atoms with Gasteiger partial charge in [0.25, 0.3) is 0 Å². The molecule has 0 bridgehead atoms. The van der Waals surface area contributed by atoms with E-state index in [-0.39, 0.29) is 34.0 Å². The van der Waals surface area contributed by atoms with E-state index in [1.165, 1.54) is 29.3 Å². The van der Waals surface area contributed by atoms with E-state index in [1.54, 1.807) is 35.2 Å². The first kappa shape index (κ1) is 27.4. The van der Waals surface area contributed by atoms with E-state index in [0.717, 1.165) is 0 Å². The number of Topliss-reactive ketones (excluding diaryl/α,β-unsaturated/α-hetero) is 1. The first-order chi connectivity index (χ1) is 18.8. The lowest BCUT2D eigenvalue weighted by Crippen LogP contribution is -2.38. The van der Waals surface area contributed by atoms with Gasteiger partial charge in [-0.1, -0.05) is 64.0 Å². The van der Waals surface area contributed by atoms with Crippen LogP contribution in [-0.2, 0) is 9.59 Å². The number of thioether (sulfide) groups is 1. The number of hydrogen-bond donors (Lipinski definition) is 2. The standard InChI is InChI=1S/C25H18Cl3N7O2S2/c26-13-4-1-5-14(27)20(13)19-12(10-29)23(30)35(16-7-2-8-17(36)21(16)19)24-33-34-25(39-24)38-11-18(37)32-15-6-3-9-31-22(15)28/h1,3-6,9,19H,2,7-8,11,30H2,(H,32,37). The van der Waals surface area contributed by atoms with Gasteiger partial charge >= 0.3 is 0 Å². The summed E-state index contributed by atoms with van der Waals surface area (Å²) in [5, 5.41) is 22.6. The molecule has 2 aliphatic rings. The van der Waals surface area contributed by atoms with E-state index in [4.69, 9.17) is 40.5 Å². The van der Waals surface area contributed by atoms with E-state index in [2.05, 4.69) is 26.6 Å². The number of halogens is 3. The highest BCUT2D eigenvalue weighted by Gasteiger charge is 2.42.